The SMILES string of the molecule is Cc1oc2c(C)c3oc(=O)c(CC(=O)NC[C@@H]4CCCO4)c(C)c3cc2c1-c1ccccc1. The summed E-state index contributed by atoms with van der Waals surface area (Å²) in [5.74, 6) is 0.602. The van der Waals surface area contributed by atoms with Gasteiger partial charge in [-0.15, -0.1) is 0 Å². The van der Waals surface area contributed by atoms with Crippen molar-refractivity contribution in [3.63, 3.8) is 0 Å². The Bertz CT molecular complexity index is 1410. The molecule has 0 saturated carbocycles. The van der Waals surface area contributed by atoms with Crippen molar-refractivity contribution >= 4 is 27.8 Å². The summed E-state index contributed by atoms with van der Waals surface area (Å²) in [7, 11) is 0. The number of amides is 1. The molecule has 1 atom stereocenters. The average Bonchev–Trinajstić information content (AvgIpc) is 3.44. The average molecular weight is 446 g/mol. The van der Waals surface area contributed by atoms with E-state index in [2.05, 4.69) is 17.4 Å². The van der Waals surface area contributed by atoms with E-state index < -0.39 is 5.63 Å². The van der Waals surface area contributed by atoms with E-state index >= 15 is 0 Å². The van der Waals surface area contributed by atoms with E-state index in [1.165, 1.54) is 0 Å². The van der Waals surface area contributed by atoms with E-state index in [1.54, 1.807) is 0 Å². The second kappa shape index (κ2) is 8.52. The zero-order valence-corrected chi connectivity index (χ0v) is 19.1. The maximum absolute atomic E-state index is 12.8. The zero-order valence-electron chi connectivity index (χ0n) is 19.1. The smallest absolute Gasteiger partial charge is 0.340 e. The molecule has 2 aromatic heterocycles. The maximum Gasteiger partial charge on any atom is 0.340 e. The van der Waals surface area contributed by atoms with Gasteiger partial charge in [-0.05, 0) is 50.8 Å². The van der Waals surface area contributed by atoms with Crippen LogP contribution in [0.1, 0.15) is 35.3 Å². The van der Waals surface area contributed by atoms with E-state index in [-0.39, 0.29) is 18.4 Å². The predicted molar refractivity (Wildman–Crippen MR) is 128 cm³/mol. The minimum absolute atomic E-state index is 0.0239. The Morgan fingerprint density at radius 3 is 2.52 bits per heavy atom. The third-order valence-electron chi connectivity index (χ3n) is 6.58. The number of ether oxygens (including phenoxy) is 1. The standard InChI is InChI=1S/C27H27NO5/c1-15-20-12-22-24(18-8-5-4-6-9-18)17(3)32-26(22)16(2)25(20)33-27(30)21(15)13-23(29)28-14-19-10-7-11-31-19/h4-6,8-9,12,19H,7,10-11,13-14H2,1-3H3,(H,28,29)/t19-/m0/s1. The van der Waals surface area contributed by atoms with Crippen LogP contribution in [0.15, 0.2) is 50.0 Å². The molecule has 0 aliphatic carbocycles. The maximum atomic E-state index is 12.8. The van der Waals surface area contributed by atoms with Crippen molar-refractivity contribution in [3.8, 4) is 11.1 Å². The van der Waals surface area contributed by atoms with Crippen molar-refractivity contribution in [2.45, 2.75) is 46.1 Å². The van der Waals surface area contributed by atoms with Gasteiger partial charge in [0.15, 0.2) is 0 Å². The van der Waals surface area contributed by atoms with Crippen LogP contribution in [0.3, 0.4) is 0 Å². The summed E-state index contributed by atoms with van der Waals surface area (Å²) < 4.78 is 17.4. The lowest BCUT2D eigenvalue weighted by molar-refractivity contribution is -0.121. The molecule has 1 aliphatic heterocycles. The fourth-order valence-corrected chi connectivity index (χ4v) is 4.80. The van der Waals surface area contributed by atoms with Crippen LogP contribution < -0.4 is 10.9 Å². The number of benzene rings is 2. The normalized spacial score (nSPS) is 16.0. The van der Waals surface area contributed by atoms with E-state index in [4.69, 9.17) is 13.6 Å². The highest BCUT2D eigenvalue weighted by Crippen LogP contribution is 2.39. The molecule has 0 bridgehead atoms. The quantitative estimate of drug-likeness (QED) is 0.439. The number of hydrogen-bond acceptors (Lipinski definition) is 5. The van der Waals surface area contributed by atoms with E-state index in [1.807, 2.05) is 45.0 Å². The molecule has 1 fully saturated rings. The Morgan fingerprint density at radius 2 is 1.79 bits per heavy atom. The van der Waals surface area contributed by atoms with Gasteiger partial charge in [0.1, 0.15) is 16.9 Å². The van der Waals surface area contributed by atoms with Gasteiger partial charge in [0.2, 0.25) is 5.91 Å². The fourth-order valence-electron chi connectivity index (χ4n) is 4.80. The molecule has 0 spiro atoms. The van der Waals surface area contributed by atoms with Crippen molar-refractivity contribution in [3.05, 3.63) is 69.3 Å². The summed E-state index contributed by atoms with van der Waals surface area (Å²) >= 11 is 0. The lowest BCUT2D eigenvalue weighted by Gasteiger charge is -2.12. The minimum Gasteiger partial charge on any atom is -0.460 e. The number of furan rings is 1. The van der Waals surface area contributed by atoms with Crippen LogP contribution in [0, 0.1) is 20.8 Å². The lowest BCUT2D eigenvalue weighted by atomic mass is 9.96. The van der Waals surface area contributed by atoms with Crippen LogP contribution in [0.4, 0.5) is 0 Å². The summed E-state index contributed by atoms with van der Waals surface area (Å²) in [4.78, 5) is 25.4. The molecule has 0 unspecified atom stereocenters. The zero-order chi connectivity index (χ0) is 23.1. The van der Waals surface area contributed by atoms with Crippen molar-refractivity contribution in [2.24, 2.45) is 0 Å². The predicted octanol–water partition coefficient (Wildman–Crippen LogP) is 4.97. The first kappa shape index (κ1) is 21.5. The van der Waals surface area contributed by atoms with Crippen LogP contribution in [0.2, 0.25) is 0 Å². The van der Waals surface area contributed by atoms with Gasteiger partial charge in [0.05, 0.1) is 18.1 Å². The Morgan fingerprint density at radius 1 is 1.03 bits per heavy atom. The molecule has 0 radical (unpaired) electrons. The molecular weight excluding hydrogens is 418 g/mol. The third kappa shape index (κ3) is 3.85. The summed E-state index contributed by atoms with van der Waals surface area (Å²) in [6.45, 7) is 6.92. The Labute approximate surface area is 191 Å². The third-order valence-corrected chi connectivity index (χ3v) is 6.58. The molecule has 170 valence electrons. The largest absolute Gasteiger partial charge is 0.460 e. The first-order chi connectivity index (χ1) is 15.9. The van der Waals surface area contributed by atoms with Crippen LogP contribution >= 0.6 is 0 Å². The van der Waals surface area contributed by atoms with Gasteiger partial charge < -0.3 is 18.9 Å². The fraction of sp³-hybridized carbons (Fsp3) is 0.333. The van der Waals surface area contributed by atoms with Crippen molar-refractivity contribution in [2.75, 3.05) is 13.2 Å². The molecule has 1 saturated heterocycles. The summed E-state index contributed by atoms with van der Waals surface area (Å²) in [5.41, 5.74) is 4.74. The first-order valence-electron chi connectivity index (χ1n) is 11.4. The number of hydrogen-bond donors (Lipinski definition) is 1. The van der Waals surface area contributed by atoms with E-state index in [0.29, 0.717) is 23.3 Å². The van der Waals surface area contributed by atoms with Crippen LogP contribution in [0.5, 0.6) is 0 Å². The van der Waals surface area contributed by atoms with Crippen LogP contribution in [-0.2, 0) is 16.0 Å². The van der Waals surface area contributed by atoms with E-state index in [0.717, 1.165) is 58.2 Å². The minimum atomic E-state index is -0.485. The molecule has 2 aromatic carbocycles. The number of fused-ring (bicyclic) bond motifs is 2. The molecule has 1 amide bonds. The van der Waals surface area contributed by atoms with Gasteiger partial charge in [0.25, 0.3) is 0 Å². The second-order valence-electron chi connectivity index (χ2n) is 8.76. The molecule has 33 heavy (non-hydrogen) atoms. The highest BCUT2D eigenvalue weighted by molar-refractivity contribution is 6.06. The van der Waals surface area contributed by atoms with E-state index in [9.17, 15) is 9.59 Å². The van der Waals surface area contributed by atoms with Gasteiger partial charge in [0, 0.05) is 35.1 Å². The number of carbonyl (C=O) groups excluding carboxylic acids is 1. The van der Waals surface area contributed by atoms with Gasteiger partial charge >= 0.3 is 5.63 Å². The van der Waals surface area contributed by atoms with Gasteiger partial charge in [-0.1, -0.05) is 30.3 Å². The monoisotopic (exact) mass is 445 g/mol. The Hall–Kier alpha value is -3.38. The molecule has 3 heterocycles. The number of carbonyl (C=O) groups is 1. The highest BCUT2D eigenvalue weighted by Gasteiger charge is 2.22. The summed E-state index contributed by atoms with van der Waals surface area (Å²) in [6.07, 6.45) is 1.99. The van der Waals surface area contributed by atoms with Crippen molar-refractivity contribution < 1.29 is 18.4 Å². The summed E-state index contributed by atoms with van der Waals surface area (Å²) in [6, 6.07) is 12.1. The molecule has 4 aromatic rings. The number of aryl methyl sites for hydroxylation is 3. The van der Waals surface area contributed by atoms with Gasteiger partial charge in [-0.2, -0.15) is 0 Å². The van der Waals surface area contributed by atoms with Crippen molar-refractivity contribution in [1.82, 2.24) is 5.32 Å². The first-order valence-corrected chi connectivity index (χ1v) is 11.4. The molecule has 6 heteroatoms. The van der Waals surface area contributed by atoms with Crippen LogP contribution in [0.25, 0.3) is 33.1 Å². The molecular formula is C27H27NO5. The topological polar surface area (TPSA) is 81.7 Å². The lowest BCUT2D eigenvalue weighted by Crippen LogP contribution is -2.34. The van der Waals surface area contributed by atoms with Gasteiger partial charge in [-0.25, -0.2) is 4.79 Å². The highest BCUT2D eigenvalue weighted by atomic mass is 16.5. The molecule has 1 aliphatic rings. The van der Waals surface area contributed by atoms with Crippen LogP contribution in [-0.4, -0.2) is 25.2 Å². The number of rotatable bonds is 5. The van der Waals surface area contributed by atoms with Crippen molar-refractivity contribution in [1.29, 1.82) is 0 Å². The van der Waals surface area contributed by atoms with Gasteiger partial charge in [-0.3, -0.25) is 4.79 Å². The molecule has 6 nitrogen and oxygen atoms in total. The summed E-state index contributed by atoms with van der Waals surface area (Å²) in [5, 5.41) is 4.68. The Balaban J connectivity index is 1.57. The molecule has 1 N–H and O–H groups in total. The Kier molecular flexibility index (Phi) is 5.54. The molecule has 5 rings (SSSR count). The second-order valence-corrected chi connectivity index (χ2v) is 8.76. The number of nitrogens with one attached hydrogen (secondary N) is 1.